The van der Waals surface area contributed by atoms with Gasteiger partial charge in [-0.05, 0) is 54.3 Å². The van der Waals surface area contributed by atoms with E-state index in [0.29, 0.717) is 31.1 Å². The van der Waals surface area contributed by atoms with Crippen LogP contribution in [-0.2, 0) is 14.8 Å². The largest absolute Gasteiger partial charge is 0.343 e. The predicted octanol–water partition coefficient (Wildman–Crippen LogP) is 3.28. The lowest BCUT2D eigenvalue weighted by atomic mass is 10.1. The van der Waals surface area contributed by atoms with Gasteiger partial charge in [-0.15, -0.1) is 12.4 Å². The van der Waals surface area contributed by atoms with Crippen molar-refractivity contribution in [1.29, 1.82) is 0 Å². The highest BCUT2D eigenvalue weighted by Gasteiger charge is 2.32. The van der Waals surface area contributed by atoms with Crippen LogP contribution in [0.4, 0.5) is 0 Å². The van der Waals surface area contributed by atoms with Crippen LogP contribution < -0.4 is 5.32 Å². The molecule has 30 heavy (non-hydrogen) atoms. The fourth-order valence-corrected chi connectivity index (χ4v) is 5.84. The zero-order chi connectivity index (χ0) is 20.4. The number of rotatable bonds is 4. The second-order valence-electron chi connectivity index (χ2n) is 7.81. The molecule has 1 amide bonds. The third kappa shape index (κ3) is 5.08. The van der Waals surface area contributed by atoms with Gasteiger partial charge < -0.3 is 10.2 Å². The first-order chi connectivity index (χ1) is 13.9. The Labute approximate surface area is 189 Å². The third-order valence-corrected chi connectivity index (χ3v) is 7.86. The molecule has 0 saturated carbocycles. The van der Waals surface area contributed by atoms with Crippen LogP contribution in [0.1, 0.15) is 25.7 Å². The zero-order valence-electron chi connectivity index (χ0n) is 16.7. The summed E-state index contributed by atoms with van der Waals surface area (Å²) in [5.74, 6) is 0.115. The van der Waals surface area contributed by atoms with E-state index in [1.54, 1.807) is 24.3 Å². The summed E-state index contributed by atoms with van der Waals surface area (Å²) in [7, 11) is -3.62. The van der Waals surface area contributed by atoms with Crippen molar-refractivity contribution in [1.82, 2.24) is 14.5 Å². The van der Waals surface area contributed by atoms with E-state index < -0.39 is 10.0 Å². The van der Waals surface area contributed by atoms with Gasteiger partial charge in [0.1, 0.15) is 0 Å². The van der Waals surface area contributed by atoms with E-state index in [2.05, 4.69) is 5.32 Å². The highest BCUT2D eigenvalue weighted by molar-refractivity contribution is 7.89. The van der Waals surface area contributed by atoms with E-state index in [-0.39, 0.29) is 29.3 Å². The molecule has 2 saturated heterocycles. The van der Waals surface area contributed by atoms with Gasteiger partial charge in [-0.3, -0.25) is 4.79 Å². The Morgan fingerprint density at radius 3 is 2.50 bits per heavy atom. The van der Waals surface area contributed by atoms with Gasteiger partial charge in [0.25, 0.3) is 0 Å². The Morgan fingerprint density at radius 2 is 1.73 bits per heavy atom. The first-order valence-electron chi connectivity index (χ1n) is 10.1. The Bertz CT molecular complexity index is 1010. The fraction of sp³-hybridized carbons (Fsp3) is 0.476. The van der Waals surface area contributed by atoms with E-state index in [1.165, 1.54) is 10.7 Å². The van der Waals surface area contributed by atoms with Crippen molar-refractivity contribution in [2.45, 2.75) is 36.6 Å². The molecule has 0 aromatic heterocycles. The van der Waals surface area contributed by atoms with Crippen LogP contribution in [0.3, 0.4) is 0 Å². The van der Waals surface area contributed by atoms with Crippen LogP contribution >= 0.6 is 24.0 Å². The van der Waals surface area contributed by atoms with E-state index in [9.17, 15) is 13.2 Å². The number of fused-ring (bicyclic) bond motifs is 1. The fourth-order valence-electron chi connectivity index (χ4n) is 4.14. The quantitative estimate of drug-likeness (QED) is 0.742. The normalized spacial score (nSPS) is 20.7. The van der Waals surface area contributed by atoms with Crippen LogP contribution in [0.2, 0.25) is 5.02 Å². The number of carbonyl (C=O) groups is 1. The van der Waals surface area contributed by atoms with Crippen molar-refractivity contribution in [3.8, 4) is 0 Å². The predicted molar refractivity (Wildman–Crippen MR) is 122 cm³/mol. The number of likely N-dealkylation sites (tertiary alicyclic amines) is 1. The summed E-state index contributed by atoms with van der Waals surface area (Å²) in [4.78, 5) is 14.8. The standard InChI is InChI=1S/C21H26ClN3O3S.ClH/c22-18-6-4-17-13-20(7-5-16(17)12-18)29(27,28)25-11-8-23-19(15-25)14-21(26)24-9-2-1-3-10-24;/h4-7,12-13,19,23H,1-3,8-11,14-15H2;1H. The van der Waals surface area contributed by atoms with Gasteiger partial charge in [-0.25, -0.2) is 8.42 Å². The molecule has 0 radical (unpaired) electrons. The molecule has 0 aliphatic carbocycles. The molecule has 1 N–H and O–H groups in total. The summed E-state index contributed by atoms with van der Waals surface area (Å²) in [5.41, 5.74) is 0. The molecular weight excluding hydrogens is 445 g/mol. The molecular formula is C21H27Cl2N3O3S. The minimum Gasteiger partial charge on any atom is -0.343 e. The molecule has 0 spiro atoms. The van der Waals surface area contributed by atoms with Crippen molar-refractivity contribution >= 4 is 50.7 Å². The molecule has 2 aliphatic heterocycles. The molecule has 0 bridgehead atoms. The highest BCUT2D eigenvalue weighted by atomic mass is 35.5. The summed E-state index contributed by atoms with van der Waals surface area (Å²) in [6.45, 7) is 2.87. The number of nitrogens with one attached hydrogen (secondary N) is 1. The van der Waals surface area contributed by atoms with Gasteiger partial charge in [0.2, 0.25) is 15.9 Å². The summed E-state index contributed by atoms with van der Waals surface area (Å²) in [6, 6.07) is 10.4. The maximum atomic E-state index is 13.2. The molecule has 6 nitrogen and oxygen atoms in total. The van der Waals surface area contributed by atoms with Gasteiger partial charge in [-0.1, -0.05) is 23.7 Å². The Morgan fingerprint density at radius 1 is 1.03 bits per heavy atom. The molecule has 2 aromatic carbocycles. The lowest BCUT2D eigenvalue weighted by Crippen LogP contribution is -2.54. The van der Waals surface area contributed by atoms with Gasteiger partial charge in [-0.2, -0.15) is 4.31 Å². The molecule has 164 valence electrons. The highest BCUT2D eigenvalue weighted by Crippen LogP contribution is 2.25. The summed E-state index contributed by atoms with van der Waals surface area (Å²) in [5, 5.41) is 5.67. The van der Waals surface area contributed by atoms with Crippen molar-refractivity contribution in [3.05, 3.63) is 41.4 Å². The number of benzene rings is 2. The van der Waals surface area contributed by atoms with E-state index in [0.717, 1.165) is 36.7 Å². The maximum Gasteiger partial charge on any atom is 0.243 e. The number of nitrogens with zero attached hydrogens (tertiary/aromatic N) is 2. The lowest BCUT2D eigenvalue weighted by molar-refractivity contribution is -0.132. The molecule has 2 fully saturated rings. The zero-order valence-corrected chi connectivity index (χ0v) is 19.1. The van der Waals surface area contributed by atoms with Crippen LogP contribution in [0.15, 0.2) is 41.3 Å². The Kier molecular flexibility index (Phi) is 7.63. The molecule has 2 aliphatic rings. The summed E-state index contributed by atoms with van der Waals surface area (Å²) in [6.07, 6.45) is 3.62. The number of piperidine rings is 1. The second-order valence-corrected chi connectivity index (χ2v) is 10.2. The van der Waals surface area contributed by atoms with Crippen molar-refractivity contribution in [3.63, 3.8) is 0 Å². The average Bonchev–Trinajstić information content (AvgIpc) is 2.74. The topological polar surface area (TPSA) is 69.7 Å². The van der Waals surface area contributed by atoms with E-state index in [1.807, 2.05) is 17.0 Å². The van der Waals surface area contributed by atoms with Crippen LogP contribution in [-0.4, -0.2) is 62.3 Å². The summed E-state index contributed by atoms with van der Waals surface area (Å²) < 4.78 is 27.9. The summed E-state index contributed by atoms with van der Waals surface area (Å²) >= 11 is 6.02. The van der Waals surface area contributed by atoms with Crippen molar-refractivity contribution in [2.24, 2.45) is 0 Å². The SMILES string of the molecule is Cl.O=C(CC1CN(S(=O)(=O)c2ccc3cc(Cl)ccc3c2)CCN1)N1CCCCC1. The van der Waals surface area contributed by atoms with E-state index in [4.69, 9.17) is 11.6 Å². The first kappa shape index (κ1) is 23.3. The minimum absolute atomic E-state index is 0. The minimum atomic E-state index is -3.62. The number of sulfonamides is 1. The molecule has 9 heteroatoms. The van der Waals surface area contributed by atoms with Crippen molar-refractivity contribution < 1.29 is 13.2 Å². The number of hydrogen-bond donors (Lipinski definition) is 1. The maximum absolute atomic E-state index is 13.2. The second kappa shape index (κ2) is 9.83. The van der Waals surface area contributed by atoms with Gasteiger partial charge >= 0.3 is 0 Å². The lowest BCUT2D eigenvalue weighted by Gasteiger charge is -2.34. The molecule has 2 heterocycles. The van der Waals surface area contributed by atoms with Crippen LogP contribution in [0.25, 0.3) is 10.8 Å². The molecule has 1 atom stereocenters. The van der Waals surface area contributed by atoms with Gasteiger partial charge in [0.15, 0.2) is 0 Å². The van der Waals surface area contributed by atoms with Crippen molar-refractivity contribution in [2.75, 3.05) is 32.7 Å². The molecule has 4 rings (SSSR count). The monoisotopic (exact) mass is 471 g/mol. The van der Waals surface area contributed by atoms with E-state index >= 15 is 0 Å². The number of amides is 1. The number of hydrogen-bond acceptors (Lipinski definition) is 4. The number of halogens is 2. The Hall–Kier alpha value is -1.38. The van der Waals surface area contributed by atoms with Gasteiger partial charge in [0.05, 0.1) is 4.90 Å². The Balaban J connectivity index is 0.00000256. The third-order valence-electron chi connectivity index (χ3n) is 5.76. The van der Waals surface area contributed by atoms with Gasteiger partial charge in [0, 0.05) is 50.2 Å². The number of carbonyl (C=O) groups excluding carboxylic acids is 1. The smallest absolute Gasteiger partial charge is 0.243 e. The molecule has 1 unspecified atom stereocenters. The van der Waals surface area contributed by atoms with Crippen LogP contribution in [0, 0.1) is 0 Å². The average molecular weight is 472 g/mol. The first-order valence-corrected chi connectivity index (χ1v) is 12.0. The number of piperazine rings is 1. The van der Waals surface area contributed by atoms with Crippen LogP contribution in [0.5, 0.6) is 0 Å². The molecule has 2 aromatic rings.